The smallest absolute Gasteiger partial charge is 0.193 e. The molecule has 4 fully saturated rings. The van der Waals surface area contributed by atoms with Crippen molar-refractivity contribution in [3.63, 3.8) is 0 Å². The van der Waals surface area contributed by atoms with E-state index < -0.39 is 63.8 Å². The molecule has 8 atom stereocenters. The van der Waals surface area contributed by atoms with E-state index in [1.54, 1.807) is 26.8 Å². The highest BCUT2D eigenvalue weighted by Gasteiger charge is 2.83. The number of aliphatic hydroxyl groups is 2. The number of allylic oxidation sites excluding steroid dienone is 4. The zero-order valence-corrected chi connectivity index (χ0v) is 19.4. The summed E-state index contributed by atoms with van der Waals surface area (Å²) >= 11 is 0. The van der Waals surface area contributed by atoms with Crippen LogP contribution in [0.15, 0.2) is 23.8 Å². The van der Waals surface area contributed by atoms with Crippen molar-refractivity contribution in [2.45, 2.75) is 89.6 Å². The lowest BCUT2D eigenvalue weighted by Gasteiger charge is -2.66. The molecule has 0 aromatic carbocycles. The van der Waals surface area contributed by atoms with Crippen LogP contribution in [-0.2, 0) is 19.1 Å². The molecule has 6 nitrogen and oxygen atoms in total. The highest BCUT2D eigenvalue weighted by atomic mass is 19.1. The second-order valence-corrected chi connectivity index (χ2v) is 11.6. The molecule has 0 aromatic heterocycles. The van der Waals surface area contributed by atoms with E-state index in [2.05, 4.69) is 0 Å². The largest absolute Gasteiger partial charge is 0.390 e. The molecule has 5 aliphatic rings. The van der Waals surface area contributed by atoms with Gasteiger partial charge in [-0.15, -0.1) is 0 Å². The van der Waals surface area contributed by atoms with Crippen LogP contribution >= 0.6 is 0 Å². The third-order valence-corrected chi connectivity index (χ3v) is 9.96. The Morgan fingerprint density at radius 3 is 2.56 bits per heavy atom. The number of ketones is 2. The van der Waals surface area contributed by atoms with Crippen molar-refractivity contribution in [2.75, 3.05) is 6.61 Å². The quantitative estimate of drug-likeness (QED) is 0.675. The van der Waals surface area contributed by atoms with E-state index in [4.69, 9.17) is 9.47 Å². The Hall–Kier alpha value is -1.41. The molecule has 1 aliphatic heterocycles. The maximum Gasteiger partial charge on any atom is 0.193 e. The molecule has 1 unspecified atom stereocenters. The number of carbonyl (C=O) groups excluding carboxylic acids is 2. The minimum Gasteiger partial charge on any atom is -0.390 e. The molecule has 0 spiro atoms. The molecule has 0 amide bonds. The van der Waals surface area contributed by atoms with Gasteiger partial charge in [-0.1, -0.05) is 25.5 Å². The summed E-state index contributed by atoms with van der Waals surface area (Å²) in [6, 6.07) is 0. The lowest BCUT2D eigenvalue weighted by Crippen LogP contribution is -2.72. The number of hydrogen-bond acceptors (Lipinski definition) is 6. The summed E-state index contributed by atoms with van der Waals surface area (Å²) in [5.74, 6) is -2.26. The zero-order chi connectivity index (χ0) is 23.5. The van der Waals surface area contributed by atoms with Crippen LogP contribution in [-0.4, -0.2) is 57.7 Å². The number of halogens is 1. The second-order valence-electron chi connectivity index (χ2n) is 11.6. The predicted octanol–water partition coefficient (Wildman–Crippen LogP) is 2.81. The fourth-order valence-electron chi connectivity index (χ4n) is 8.36. The topological polar surface area (TPSA) is 93.1 Å². The first-order valence-electron chi connectivity index (χ1n) is 11.6. The number of alkyl halides is 1. The van der Waals surface area contributed by atoms with Crippen molar-refractivity contribution in [3.8, 4) is 0 Å². The number of rotatable bonds is 2. The molecule has 32 heavy (non-hydrogen) atoms. The number of aliphatic hydroxyl groups excluding tert-OH is 2. The van der Waals surface area contributed by atoms with Crippen molar-refractivity contribution in [3.05, 3.63) is 23.8 Å². The lowest BCUT2D eigenvalue weighted by molar-refractivity contribution is -0.271. The van der Waals surface area contributed by atoms with Crippen molar-refractivity contribution in [1.29, 1.82) is 0 Å². The molecule has 7 heteroatoms. The Morgan fingerprint density at radius 2 is 1.91 bits per heavy atom. The maximum absolute atomic E-state index is 17.4. The van der Waals surface area contributed by atoms with E-state index in [1.165, 1.54) is 12.2 Å². The van der Waals surface area contributed by atoms with Gasteiger partial charge in [-0.2, -0.15) is 0 Å². The summed E-state index contributed by atoms with van der Waals surface area (Å²) in [5, 5.41) is 21.4. The highest BCUT2D eigenvalue weighted by molar-refractivity contribution is 6.01. The minimum absolute atomic E-state index is 0.0111. The van der Waals surface area contributed by atoms with Gasteiger partial charge in [0.05, 0.1) is 12.2 Å². The van der Waals surface area contributed by atoms with Crippen molar-refractivity contribution in [2.24, 2.45) is 22.2 Å². The zero-order valence-electron chi connectivity index (χ0n) is 19.4. The van der Waals surface area contributed by atoms with Gasteiger partial charge in [-0.05, 0) is 64.0 Å². The Bertz CT molecular complexity index is 971. The van der Waals surface area contributed by atoms with Crippen LogP contribution in [0.2, 0.25) is 0 Å². The summed E-state index contributed by atoms with van der Waals surface area (Å²) in [4.78, 5) is 25.3. The molecule has 0 bridgehead atoms. The minimum atomic E-state index is -2.01. The Labute approximate surface area is 187 Å². The number of carbonyl (C=O) groups is 2. The Morgan fingerprint density at radius 1 is 1.22 bits per heavy atom. The lowest BCUT2D eigenvalue weighted by atomic mass is 9.40. The predicted molar refractivity (Wildman–Crippen MR) is 113 cm³/mol. The van der Waals surface area contributed by atoms with Crippen LogP contribution in [0.5, 0.6) is 0 Å². The van der Waals surface area contributed by atoms with Gasteiger partial charge in [0.25, 0.3) is 0 Å². The third kappa shape index (κ3) is 2.19. The molecule has 2 N–H and O–H groups in total. The highest BCUT2D eigenvalue weighted by Crippen LogP contribution is 2.77. The van der Waals surface area contributed by atoms with Crippen LogP contribution in [0, 0.1) is 22.2 Å². The monoisotopic (exact) mass is 448 g/mol. The summed E-state index contributed by atoms with van der Waals surface area (Å²) < 4.78 is 29.9. The van der Waals surface area contributed by atoms with Crippen LogP contribution in [0.3, 0.4) is 0 Å². The average molecular weight is 449 g/mol. The number of ether oxygens (including phenoxy) is 2. The van der Waals surface area contributed by atoms with E-state index in [0.29, 0.717) is 24.8 Å². The molecule has 3 saturated carbocycles. The van der Waals surface area contributed by atoms with E-state index in [0.717, 1.165) is 0 Å². The van der Waals surface area contributed by atoms with Gasteiger partial charge in [0, 0.05) is 16.7 Å². The maximum atomic E-state index is 17.4. The van der Waals surface area contributed by atoms with E-state index in [-0.39, 0.29) is 12.2 Å². The van der Waals surface area contributed by atoms with Gasteiger partial charge in [-0.3, -0.25) is 9.59 Å². The first-order chi connectivity index (χ1) is 14.7. The van der Waals surface area contributed by atoms with Gasteiger partial charge < -0.3 is 19.7 Å². The summed E-state index contributed by atoms with van der Waals surface area (Å²) in [6.07, 6.45) is 3.86. The summed E-state index contributed by atoms with van der Waals surface area (Å²) in [5.41, 5.74) is -5.57. The number of Topliss-reactive ketones (excluding diaryl/α,β-unsaturated/α-hetero) is 1. The standard InChI is InChI=1S/C25H33FO6/c1-20(2)31-19-12-22(4)16-7-6-14-10-15(28)8-9-21(14,3)24(16,26)17(29)11-23(22,5)25(19,32-20)18(30)13-27/h8-10,16-17,19,27,29H,6-7,11-13H2,1-5H3/t16-,17-,19+,21-,22-,23-,24?,25+/m0/s1. The fraction of sp³-hybridized carbons (Fsp3) is 0.760. The Balaban J connectivity index is 1.69. The van der Waals surface area contributed by atoms with Gasteiger partial charge in [0.2, 0.25) is 0 Å². The van der Waals surface area contributed by atoms with Crippen LogP contribution in [0.1, 0.15) is 60.3 Å². The molecule has 0 radical (unpaired) electrons. The first kappa shape index (κ1) is 22.4. The Kier molecular flexibility index (Phi) is 4.32. The van der Waals surface area contributed by atoms with E-state index in [1.807, 2.05) is 13.8 Å². The average Bonchev–Trinajstić information content (AvgIpc) is 3.07. The summed E-state index contributed by atoms with van der Waals surface area (Å²) in [6.45, 7) is 8.40. The van der Waals surface area contributed by atoms with Gasteiger partial charge in [0.15, 0.2) is 28.6 Å². The number of hydrogen-bond donors (Lipinski definition) is 2. The van der Waals surface area contributed by atoms with Gasteiger partial charge >= 0.3 is 0 Å². The van der Waals surface area contributed by atoms with Gasteiger partial charge in [-0.25, -0.2) is 4.39 Å². The first-order valence-corrected chi connectivity index (χ1v) is 11.6. The molecule has 4 aliphatic carbocycles. The van der Waals surface area contributed by atoms with Gasteiger partial charge in [0.1, 0.15) is 6.61 Å². The molecular weight excluding hydrogens is 415 g/mol. The molecule has 176 valence electrons. The van der Waals surface area contributed by atoms with Crippen molar-refractivity contribution >= 4 is 11.6 Å². The normalized spacial score (nSPS) is 53.2. The second kappa shape index (κ2) is 6.17. The molecule has 0 aromatic rings. The molecule has 5 rings (SSSR count). The number of fused-ring (bicyclic) bond motifs is 7. The van der Waals surface area contributed by atoms with Crippen LogP contribution < -0.4 is 0 Å². The molecular formula is C25H33FO6. The van der Waals surface area contributed by atoms with E-state index >= 15 is 4.39 Å². The molecule has 1 saturated heterocycles. The fourth-order valence-corrected chi connectivity index (χ4v) is 8.36. The van der Waals surface area contributed by atoms with Crippen molar-refractivity contribution in [1.82, 2.24) is 0 Å². The third-order valence-electron chi connectivity index (χ3n) is 9.96. The van der Waals surface area contributed by atoms with Crippen molar-refractivity contribution < 1.29 is 33.7 Å². The molecule has 1 heterocycles. The van der Waals surface area contributed by atoms with Crippen LogP contribution in [0.4, 0.5) is 4.39 Å². The van der Waals surface area contributed by atoms with E-state index in [9.17, 15) is 19.8 Å². The van der Waals surface area contributed by atoms with Crippen LogP contribution in [0.25, 0.3) is 0 Å². The summed E-state index contributed by atoms with van der Waals surface area (Å²) in [7, 11) is 0. The SMILES string of the molecule is CC1(C)O[C@@H]2C[C@@]3(C)[C@@H]4CCC5=CC(=O)C=C[C@]5(C)C4(F)[C@@H](O)C[C@]3(C)[C@]2(C(=O)CO)O1.